The largest absolute Gasteiger partial charge is 0.444 e. The van der Waals surface area contributed by atoms with Crippen molar-refractivity contribution in [3.63, 3.8) is 0 Å². The number of amides is 1. The van der Waals surface area contributed by atoms with Crippen LogP contribution >= 0.6 is 0 Å². The molecule has 0 fully saturated rings. The van der Waals surface area contributed by atoms with E-state index >= 15 is 0 Å². The van der Waals surface area contributed by atoms with Crippen LogP contribution in [0.25, 0.3) is 0 Å². The van der Waals surface area contributed by atoms with E-state index in [0.29, 0.717) is 0 Å². The fourth-order valence-electron chi connectivity index (χ4n) is 1.36. The maximum Gasteiger partial charge on any atom is 0.427 e. The minimum atomic E-state index is -1.17. The molecule has 0 aromatic carbocycles. The lowest BCUT2D eigenvalue weighted by Gasteiger charge is -2.22. The second kappa shape index (κ2) is 7.55. The van der Waals surface area contributed by atoms with Gasteiger partial charge in [-0.1, -0.05) is 0 Å². The Morgan fingerprint density at radius 1 is 1.32 bits per heavy atom. The summed E-state index contributed by atoms with van der Waals surface area (Å²) in [4.78, 5) is 38.9. The molecule has 1 N–H and O–H groups in total. The molecule has 0 spiro atoms. The molecule has 1 amide bonds. The first-order valence-electron chi connectivity index (χ1n) is 6.45. The Balaban J connectivity index is 2.63. The van der Waals surface area contributed by atoms with Crippen molar-refractivity contribution in [1.82, 2.24) is 14.9 Å². The van der Waals surface area contributed by atoms with E-state index in [4.69, 9.17) is 9.47 Å². The maximum atomic E-state index is 11.9. The average molecular weight is 313 g/mol. The number of esters is 1. The first-order valence-corrected chi connectivity index (χ1v) is 6.45. The smallest absolute Gasteiger partial charge is 0.427 e. The third-order valence-corrected chi connectivity index (χ3v) is 2.21. The highest BCUT2D eigenvalue weighted by Crippen LogP contribution is 2.07. The summed E-state index contributed by atoms with van der Waals surface area (Å²) in [7, 11) is 1.34. The van der Waals surface area contributed by atoms with Crippen LogP contribution in [0.4, 0.5) is 9.59 Å². The molecule has 0 saturated carbocycles. The van der Waals surface area contributed by atoms with Gasteiger partial charge in [0.25, 0.3) is 0 Å². The molecule has 0 aliphatic rings. The number of hydrogen-bond donors (Lipinski definition) is 1. The van der Waals surface area contributed by atoms with Crippen molar-refractivity contribution in [3.05, 3.63) is 18.7 Å². The molecule has 0 saturated heterocycles. The zero-order chi connectivity index (χ0) is 16.8. The number of ether oxygens (including phenoxy) is 3. The summed E-state index contributed by atoms with van der Waals surface area (Å²) >= 11 is 0. The fraction of sp³-hybridized carbons (Fsp3) is 0.538. The highest BCUT2D eigenvalue weighted by Gasteiger charge is 2.27. The van der Waals surface area contributed by atoms with Gasteiger partial charge in [0.15, 0.2) is 6.04 Å². The molecule has 0 unspecified atom stereocenters. The molecule has 1 atom stereocenters. The van der Waals surface area contributed by atoms with Crippen molar-refractivity contribution in [2.75, 3.05) is 13.7 Å². The Morgan fingerprint density at radius 2 is 2.00 bits per heavy atom. The summed E-state index contributed by atoms with van der Waals surface area (Å²) in [6.45, 7) is 4.87. The third-order valence-electron chi connectivity index (χ3n) is 2.21. The predicted molar refractivity (Wildman–Crippen MR) is 74.1 cm³/mol. The van der Waals surface area contributed by atoms with E-state index in [0.717, 1.165) is 4.57 Å². The minimum absolute atomic E-state index is 0.171. The van der Waals surface area contributed by atoms with Crippen LogP contribution in [0.1, 0.15) is 20.8 Å². The van der Waals surface area contributed by atoms with Crippen molar-refractivity contribution in [2.24, 2.45) is 0 Å². The minimum Gasteiger partial charge on any atom is -0.444 e. The quantitative estimate of drug-likeness (QED) is 0.650. The van der Waals surface area contributed by atoms with Crippen LogP contribution < -0.4 is 5.32 Å². The van der Waals surface area contributed by atoms with E-state index in [9.17, 15) is 14.4 Å². The molecular formula is C13H19N3O6. The lowest BCUT2D eigenvalue weighted by molar-refractivity contribution is -0.141. The zero-order valence-corrected chi connectivity index (χ0v) is 12.9. The van der Waals surface area contributed by atoms with Crippen LogP contribution in [-0.4, -0.2) is 53.1 Å². The number of nitrogens with one attached hydrogen (secondary N) is 1. The Labute approximate surface area is 127 Å². The molecule has 0 aliphatic carbocycles. The first-order chi connectivity index (χ1) is 10.2. The standard InChI is InChI=1S/C13H19N3O6/c1-13(2,3)22-11(18)15-9(7-20-4)10(17)21-12(19)16-6-5-14-8-16/h5-6,8-9H,7H2,1-4H3,(H,15,18)/t9-/m0/s1. The van der Waals surface area contributed by atoms with E-state index in [1.807, 2.05) is 0 Å². The van der Waals surface area contributed by atoms with Crippen molar-refractivity contribution in [1.29, 1.82) is 0 Å². The van der Waals surface area contributed by atoms with Crippen molar-refractivity contribution in [3.8, 4) is 0 Å². The third kappa shape index (κ3) is 5.92. The average Bonchev–Trinajstić information content (AvgIpc) is 2.89. The Morgan fingerprint density at radius 3 is 2.50 bits per heavy atom. The van der Waals surface area contributed by atoms with E-state index < -0.39 is 29.8 Å². The molecule has 22 heavy (non-hydrogen) atoms. The molecule has 9 nitrogen and oxygen atoms in total. The number of carbonyl (C=O) groups is 3. The van der Waals surface area contributed by atoms with E-state index in [-0.39, 0.29) is 6.61 Å². The molecule has 0 aliphatic heterocycles. The van der Waals surface area contributed by atoms with Crippen LogP contribution in [0.15, 0.2) is 18.7 Å². The number of carbonyl (C=O) groups excluding carboxylic acids is 3. The lowest BCUT2D eigenvalue weighted by atomic mass is 10.2. The van der Waals surface area contributed by atoms with E-state index in [1.54, 1.807) is 20.8 Å². The van der Waals surface area contributed by atoms with Gasteiger partial charge in [0, 0.05) is 19.5 Å². The number of rotatable bonds is 4. The summed E-state index contributed by atoms with van der Waals surface area (Å²) in [5, 5.41) is 2.29. The molecule has 1 rings (SSSR count). The molecule has 1 aromatic heterocycles. The number of aromatic nitrogens is 2. The number of hydrogen-bond acceptors (Lipinski definition) is 7. The van der Waals surface area contributed by atoms with Gasteiger partial charge in [-0.2, -0.15) is 0 Å². The second-order valence-corrected chi connectivity index (χ2v) is 5.31. The number of nitrogens with zero attached hydrogens (tertiary/aromatic N) is 2. The normalized spacial score (nSPS) is 12.4. The van der Waals surface area contributed by atoms with Gasteiger partial charge in [-0.05, 0) is 20.8 Å². The van der Waals surface area contributed by atoms with Crippen LogP contribution in [0, 0.1) is 0 Å². The van der Waals surface area contributed by atoms with Crippen LogP contribution in [0.5, 0.6) is 0 Å². The monoisotopic (exact) mass is 313 g/mol. The zero-order valence-electron chi connectivity index (χ0n) is 12.9. The molecule has 9 heteroatoms. The Kier molecular flexibility index (Phi) is 6.05. The van der Waals surface area contributed by atoms with Crippen LogP contribution in [-0.2, 0) is 19.0 Å². The van der Waals surface area contributed by atoms with Gasteiger partial charge < -0.3 is 19.5 Å². The van der Waals surface area contributed by atoms with Gasteiger partial charge in [-0.15, -0.1) is 0 Å². The summed E-state index contributed by atoms with van der Waals surface area (Å²) in [6, 6.07) is -1.17. The van der Waals surface area contributed by atoms with Gasteiger partial charge in [0.05, 0.1) is 6.61 Å². The summed E-state index contributed by atoms with van der Waals surface area (Å²) in [6.07, 6.45) is 2.11. The molecule has 0 bridgehead atoms. The SMILES string of the molecule is COC[C@H](NC(=O)OC(C)(C)C)C(=O)OC(=O)n1ccnc1. The molecule has 122 valence electrons. The van der Waals surface area contributed by atoms with Crippen molar-refractivity contribution in [2.45, 2.75) is 32.4 Å². The number of alkyl carbamates (subject to hydrolysis) is 1. The highest BCUT2D eigenvalue weighted by atomic mass is 16.6. The van der Waals surface area contributed by atoms with E-state index in [1.165, 1.54) is 25.8 Å². The van der Waals surface area contributed by atoms with Gasteiger partial charge in [-0.25, -0.2) is 23.9 Å². The maximum absolute atomic E-state index is 11.9. The van der Waals surface area contributed by atoms with Gasteiger partial charge in [0.1, 0.15) is 11.9 Å². The molecule has 1 heterocycles. The Hall–Kier alpha value is -2.42. The van der Waals surface area contributed by atoms with Crippen LogP contribution in [0.3, 0.4) is 0 Å². The topological polar surface area (TPSA) is 109 Å². The van der Waals surface area contributed by atoms with Gasteiger partial charge in [-0.3, -0.25) is 0 Å². The summed E-state index contributed by atoms with van der Waals surface area (Å²) in [5.74, 6) is -0.966. The summed E-state index contributed by atoms with van der Waals surface area (Å²) < 4.78 is 15.5. The van der Waals surface area contributed by atoms with Crippen molar-refractivity contribution >= 4 is 18.2 Å². The summed E-state index contributed by atoms with van der Waals surface area (Å²) in [5.41, 5.74) is -0.724. The van der Waals surface area contributed by atoms with Gasteiger partial charge in [0.2, 0.25) is 0 Å². The number of imidazole rings is 1. The van der Waals surface area contributed by atoms with Crippen molar-refractivity contribution < 1.29 is 28.6 Å². The fourth-order valence-corrected chi connectivity index (χ4v) is 1.36. The second-order valence-electron chi connectivity index (χ2n) is 5.31. The highest BCUT2D eigenvalue weighted by molar-refractivity contribution is 5.90. The molecule has 1 aromatic rings. The lowest BCUT2D eigenvalue weighted by Crippen LogP contribution is -2.47. The van der Waals surface area contributed by atoms with E-state index in [2.05, 4.69) is 15.0 Å². The number of methoxy groups -OCH3 is 1. The first kappa shape index (κ1) is 17.6. The Bertz CT molecular complexity index is 520. The predicted octanol–water partition coefficient (Wildman–Crippen LogP) is 0.934. The molecular weight excluding hydrogens is 294 g/mol. The van der Waals surface area contributed by atoms with Crippen LogP contribution in [0.2, 0.25) is 0 Å². The van der Waals surface area contributed by atoms with Gasteiger partial charge >= 0.3 is 18.2 Å². The molecule has 0 radical (unpaired) electrons.